The van der Waals surface area contributed by atoms with Gasteiger partial charge in [-0.15, -0.1) is 0 Å². The van der Waals surface area contributed by atoms with Crippen molar-refractivity contribution < 1.29 is 9.90 Å². The fraction of sp³-hybridized carbons (Fsp3) is 0.375. The molecule has 0 saturated carbocycles. The normalized spacial score (nSPS) is 11.3. The Labute approximate surface area is 71.2 Å². The first-order valence-corrected chi connectivity index (χ1v) is 3.65. The van der Waals surface area contributed by atoms with E-state index in [9.17, 15) is 4.79 Å². The largest absolute Gasteiger partial charge is 0.478 e. The van der Waals surface area contributed by atoms with E-state index in [-0.39, 0.29) is 5.57 Å². The van der Waals surface area contributed by atoms with E-state index in [2.05, 4.69) is 6.58 Å². The second kappa shape index (κ2) is 4.97. The third kappa shape index (κ3) is 5.67. The van der Waals surface area contributed by atoms with Crippen molar-refractivity contribution in [3.8, 4) is 0 Å². The van der Waals surface area contributed by atoms with E-state index in [1.54, 1.807) is 13.0 Å². The van der Waals surface area contributed by atoms with Crippen molar-refractivity contribution in [1.82, 2.24) is 0 Å². The molecule has 0 heterocycles. The summed E-state index contributed by atoms with van der Waals surface area (Å²) >= 11 is 5.52. The standard InChI is InChI=1S/C8H11ClO2/c1-6(8(10)11)4-3-5-7(2)9/h5H,1,3-4H2,2H3,(H,10,11). The van der Waals surface area contributed by atoms with Crippen LogP contribution in [-0.4, -0.2) is 11.1 Å². The van der Waals surface area contributed by atoms with Gasteiger partial charge in [-0.1, -0.05) is 24.3 Å². The van der Waals surface area contributed by atoms with Crippen LogP contribution in [0.25, 0.3) is 0 Å². The minimum atomic E-state index is -0.939. The zero-order chi connectivity index (χ0) is 8.85. The van der Waals surface area contributed by atoms with Crippen molar-refractivity contribution >= 4 is 17.6 Å². The van der Waals surface area contributed by atoms with E-state index in [0.29, 0.717) is 17.9 Å². The van der Waals surface area contributed by atoms with Gasteiger partial charge in [-0.05, 0) is 19.8 Å². The molecule has 0 aromatic carbocycles. The lowest BCUT2D eigenvalue weighted by Crippen LogP contribution is -1.97. The maximum absolute atomic E-state index is 10.2. The van der Waals surface area contributed by atoms with Gasteiger partial charge in [0.15, 0.2) is 0 Å². The van der Waals surface area contributed by atoms with Crippen molar-refractivity contribution in [2.24, 2.45) is 0 Å². The molecule has 0 aromatic rings. The molecule has 0 aliphatic rings. The van der Waals surface area contributed by atoms with Crippen LogP contribution < -0.4 is 0 Å². The maximum Gasteiger partial charge on any atom is 0.330 e. The number of carboxylic acid groups (broad SMARTS) is 1. The van der Waals surface area contributed by atoms with Gasteiger partial charge in [0.2, 0.25) is 0 Å². The molecule has 2 nitrogen and oxygen atoms in total. The van der Waals surface area contributed by atoms with Gasteiger partial charge in [0.25, 0.3) is 0 Å². The Morgan fingerprint density at radius 2 is 2.27 bits per heavy atom. The molecule has 11 heavy (non-hydrogen) atoms. The number of carbonyl (C=O) groups is 1. The van der Waals surface area contributed by atoms with Gasteiger partial charge in [-0.25, -0.2) is 4.79 Å². The number of rotatable bonds is 4. The Bertz CT molecular complexity index is 190. The molecule has 3 heteroatoms. The third-order valence-electron chi connectivity index (χ3n) is 1.17. The fourth-order valence-electron chi connectivity index (χ4n) is 0.552. The highest BCUT2D eigenvalue weighted by Gasteiger charge is 2.00. The third-order valence-corrected chi connectivity index (χ3v) is 1.33. The second-order valence-corrected chi connectivity index (χ2v) is 2.83. The van der Waals surface area contributed by atoms with Gasteiger partial charge < -0.3 is 5.11 Å². The zero-order valence-corrected chi connectivity index (χ0v) is 7.19. The average Bonchev–Trinajstić information content (AvgIpc) is 1.86. The molecule has 0 atom stereocenters. The van der Waals surface area contributed by atoms with Crippen LogP contribution in [0.5, 0.6) is 0 Å². The van der Waals surface area contributed by atoms with Crippen LogP contribution in [0, 0.1) is 0 Å². The lowest BCUT2D eigenvalue weighted by Gasteiger charge is -1.95. The minimum Gasteiger partial charge on any atom is -0.478 e. The Hall–Kier alpha value is -0.760. The molecule has 0 aromatic heterocycles. The molecule has 0 unspecified atom stereocenters. The van der Waals surface area contributed by atoms with Crippen molar-refractivity contribution in [2.75, 3.05) is 0 Å². The number of hydrogen-bond acceptors (Lipinski definition) is 1. The van der Waals surface area contributed by atoms with Crippen LogP contribution >= 0.6 is 11.6 Å². The lowest BCUT2D eigenvalue weighted by molar-refractivity contribution is -0.132. The summed E-state index contributed by atoms with van der Waals surface area (Å²) in [6, 6.07) is 0. The van der Waals surface area contributed by atoms with Crippen LogP contribution in [0.2, 0.25) is 0 Å². The van der Waals surface area contributed by atoms with Crippen LogP contribution in [0.3, 0.4) is 0 Å². The number of allylic oxidation sites excluding steroid dienone is 2. The minimum absolute atomic E-state index is 0.221. The van der Waals surface area contributed by atoms with Crippen LogP contribution in [0.1, 0.15) is 19.8 Å². The maximum atomic E-state index is 10.2. The van der Waals surface area contributed by atoms with Gasteiger partial charge in [-0.3, -0.25) is 0 Å². The highest BCUT2D eigenvalue weighted by atomic mass is 35.5. The van der Waals surface area contributed by atoms with Crippen molar-refractivity contribution in [2.45, 2.75) is 19.8 Å². The fourth-order valence-corrected chi connectivity index (χ4v) is 0.661. The van der Waals surface area contributed by atoms with Crippen LogP contribution in [0.15, 0.2) is 23.3 Å². The van der Waals surface area contributed by atoms with E-state index in [1.165, 1.54) is 0 Å². The summed E-state index contributed by atoms with van der Waals surface area (Å²) in [5.74, 6) is -0.939. The van der Waals surface area contributed by atoms with Gasteiger partial charge in [0.05, 0.1) is 0 Å². The SMILES string of the molecule is C=C(CCC=C(C)Cl)C(=O)O. The quantitative estimate of drug-likeness (QED) is 0.666. The molecule has 0 aliphatic carbocycles. The summed E-state index contributed by atoms with van der Waals surface area (Å²) in [5.41, 5.74) is 0.221. The monoisotopic (exact) mass is 174 g/mol. The molecular formula is C8H11ClO2. The number of hydrogen-bond donors (Lipinski definition) is 1. The van der Waals surface area contributed by atoms with Crippen LogP contribution in [-0.2, 0) is 4.79 Å². The van der Waals surface area contributed by atoms with E-state index in [4.69, 9.17) is 16.7 Å². The summed E-state index contributed by atoms with van der Waals surface area (Å²) in [6.45, 7) is 5.13. The summed E-state index contributed by atoms with van der Waals surface area (Å²) in [6.07, 6.45) is 2.87. The molecule has 0 radical (unpaired) electrons. The Morgan fingerprint density at radius 1 is 1.73 bits per heavy atom. The topological polar surface area (TPSA) is 37.3 Å². The van der Waals surface area contributed by atoms with Crippen molar-refractivity contribution in [3.05, 3.63) is 23.3 Å². The van der Waals surface area contributed by atoms with Crippen molar-refractivity contribution in [3.63, 3.8) is 0 Å². The lowest BCUT2D eigenvalue weighted by atomic mass is 10.1. The van der Waals surface area contributed by atoms with Crippen molar-refractivity contribution in [1.29, 1.82) is 0 Å². The Kier molecular flexibility index (Phi) is 4.62. The van der Waals surface area contributed by atoms with Gasteiger partial charge in [0, 0.05) is 10.6 Å². The molecule has 0 saturated heterocycles. The summed E-state index contributed by atoms with van der Waals surface area (Å²) in [5, 5.41) is 9.08. The van der Waals surface area contributed by atoms with Gasteiger partial charge >= 0.3 is 5.97 Å². The number of carboxylic acids is 1. The molecule has 0 spiro atoms. The predicted molar refractivity (Wildman–Crippen MR) is 45.6 cm³/mol. The first-order valence-electron chi connectivity index (χ1n) is 3.27. The first kappa shape index (κ1) is 10.2. The summed E-state index contributed by atoms with van der Waals surface area (Å²) in [4.78, 5) is 10.2. The molecular weight excluding hydrogens is 164 g/mol. The molecule has 0 fully saturated rings. The smallest absolute Gasteiger partial charge is 0.330 e. The molecule has 0 bridgehead atoms. The molecule has 1 N–H and O–H groups in total. The average molecular weight is 175 g/mol. The molecule has 0 amide bonds. The van der Waals surface area contributed by atoms with E-state index in [0.717, 1.165) is 0 Å². The zero-order valence-electron chi connectivity index (χ0n) is 6.43. The number of aliphatic carboxylic acids is 1. The summed E-state index contributed by atoms with van der Waals surface area (Å²) in [7, 11) is 0. The molecule has 0 aliphatic heterocycles. The van der Waals surface area contributed by atoms with Crippen LogP contribution in [0.4, 0.5) is 0 Å². The first-order chi connectivity index (χ1) is 5.04. The Balaban J connectivity index is 3.64. The predicted octanol–water partition coefficient (Wildman–Crippen LogP) is 2.55. The summed E-state index contributed by atoms with van der Waals surface area (Å²) < 4.78 is 0. The second-order valence-electron chi connectivity index (χ2n) is 2.24. The van der Waals surface area contributed by atoms with Gasteiger partial charge in [-0.2, -0.15) is 0 Å². The Morgan fingerprint density at radius 3 is 2.64 bits per heavy atom. The highest BCUT2D eigenvalue weighted by molar-refractivity contribution is 6.29. The molecule has 0 rings (SSSR count). The number of halogens is 1. The van der Waals surface area contributed by atoms with E-state index in [1.807, 2.05) is 0 Å². The van der Waals surface area contributed by atoms with E-state index >= 15 is 0 Å². The highest BCUT2D eigenvalue weighted by Crippen LogP contribution is 2.07. The van der Waals surface area contributed by atoms with E-state index < -0.39 is 5.97 Å². The van der Waals surface area contributed by atoms with Gasteiger partial charge in [0.1, 0.15) is 0 Å². The molecule has 62 valence electrons.